The van der Waals surface area contributed by atoms with Crippen molar-refractivity contribution < 1.29 is 29.0 Å². The first kappa shape index (κ1) is 21.8. The summed E-state index contributed by atoms with van der Waals surface area (Å²) in [5.41, 5.74) is 7.57. The molecular formula is C22H23N3O6. The summed E-state index contributed by atoms with van der Waals surface area (Å²) in [6.45, 7) is 1.89. The summed E-state index contributed by atoms with van der Waals surface area (Å²) in [6, 6.07) is 13.5. The minimum absolute atomic E-state index is 0.0628. The quantitative estimate of drug-likeness (QED) is 0.358. The fraction of sp³-hybridized carbons (Fsp3) is 0.273. The van der Waals surface area contributed by atoms with E-state index >= 15 is 0 Å². The molecule has 9 heteroatoms. The fourth-order valence-electron chi connectivity index (χ4n) is 3.01. The number of nitrogens with zero attached hydrogens (tertiary/aromatic N) is 2. The lowest BCUT2D eigenvalue weighted by Gasteiger charge is -2.14. The highest BCUT2D eigenvalue weighted by Gasteiger charge is 2.32. The molecule has 31 heavy (non-hydrogen) atoms. The van der Waals surface area contributed by atoms with Crippen molar-refractivity contribution in [1.82, 2.24) is 0 Å². The number of carboxylic acids is 1. The van der Waals surface area contributed by atoms with Gasteiger partial charge in [-0.1, -0.05) is 6.92 Å². The number of amides is 1. The maximum Gasteiger partial charge on any atom is 0.414 e. The molecule has 1 heterocycles. The van der Waals surface area contributed by atoms with Crippen LogP contribution >= 0.6 is 0 Å². The zero-order chi connectivity index (χ0) is 22.4. The van der Waals surface area contributed by atoms with Gasteiger partial charge in [0.1, 0.15) is 24.7 Å². The Morgan fingerprint density at radius 3 is 2.42 bits per heavy atom. The Kier molecular flexibility index (Phi) is 6.86. The van der Waals surface area contributed by atoms with Crippen molar-refractivity contribution in [2.45, 2.75) is 19.4 Å². The van der Waals surface area contributed by atoms with Crippen molar-refractivity contribution in [3.8, 4) is 5.75 Å². The van der Waals surface area contributed by atoms with Gasteiger partial charge in [0.25, 0.3) is 0 Å². The van der Waals surface area contributed by atoms with E-state index < -0.39 is 24.7 Å². The molecule has 1 aliphatic heterocycles. The third-order valence-electron chi connectivity index (χ3n) is 4.67. The first-order valence-electron chi connectivity index (χ1n) is 9.73. The summed E-state index contributed by atoms with van der Waals surface area (Å²) in [5, 5.41) is 8.67. The second kappa shape index (κ2) is 9.75. The van der Waals surface area contributed by atoms with Crippen molar-refractivity contribution in [2.24, 2.45) is 10.7 Å². The van der Waals surface area contributed by atoms with Crippen molar-refractivity contribution in [1.29, 1.82) is 0 Å². The zero-order valence-electron chi connectivity index (χ0n) is 17.0. The molecular weight excluding hydrogens is 402 g/mol. The van der Waals surface area contributed by atoms with Crippen molar-refractivity contribution in [3.63, 3.8) is 0 Å². The van der Waals surface area contributed by atoms with Gasteiger partial charge >= 0.3 is 12.1 Å². The van der Waals surface area contributed by atoms with Crippen LogP contribution in [0.25, 0.3) is 0 Å². The number of ketones is 1. The van der Waals surface area contributed by atoms with Crippen molar-refractivity contribution >= 4 is 29.4 Å². The van der Waals surface area contributed by atoms with Gasteiger partial charge in [0.2, 0.25) is 0 Å². The number of benzene rings is 2. The number of Topliss-reactive ketones (excluding diaryl/α,β-unsaturated/α-hetero) is 1. The molecule has 0 radical (unpaired) electrons. The Bertz CT molecular complexity index is 985. The number of aliphatic carboxylic acids is 1. The number of cyclic esters (lactones) is 1. The molecule has 162 valence electrons. The Morgan fingerprint density at radius 1 is 1.16 bits per heavy atom. The van der Waals surface area contributed by atoms with Gasteiger partial charge in [-0.2, -0.15) is 0 Å². The Morgan fingerprint density at radius 2 is 1.81 bits per heavy atom. The van der Waals surface area contributed by atoms with Crippen LogP contribution < -0.4 is 15.4 Å². The number of rotatable bonds is 9. The first-order chi connectivity index (χ1) is 14.9. The number of anilines is 1. The Balaban J connectivity index is 1.57. The molecule has 1 atom stereocenters. The molecule has 1 saturated heterocycles. The summed E-state index contributed by atoms with van der Waals surface area (Å²) < 4.78 is 11.1. The van der Waals surface area contributed by atoms with E-state index in [1.54, 1.807) is 48.5 Å². The zero-order valence-corrected chi connectivity index (χ0v) is 17.0. The number of aliphatic imine (C=N–C) groups is 1. The van der Waals surface area contributed by atoms with E-state index in [1.807, 2.05) is 6.92 Å². The Hall–Kier alpha value is -3.88. The smallest absolute Gasteiger partial charge is 0.414 e. The third-order valence-corrected chi connectivity index (χ3v) is 4.67. The van der Waals surface area contributed by atoms with Gasteiger partial charge in [0, 0.05) is 23.2 Å². The van der Waals surface area contributed by atoms with E-state index in [-0.39, 0.29) is 18.2 Å². The van der Waals surface area contributed by atoms with Crippen LogP contribution in [0.4, 0.5) is 10.5 Å². The molecule has 9 nitrogen and oxygen atoms in total. The van der Waals surface area contributed by atoms with Gasteiger partial charge < -0.3 is 20.3 Å². The van der Waals surface area contributed by atoms with Gasteiger partial charge in [0.15, 0.2) is 11.9 Å². The largest absolute Gasteiger partial charge is 0.490 e. The number of hydrogen-bond acceptors (Lipinski definition) is 6. The number of nitrogens with two attached hydrogens (primary N) is 1. The molecule has 1 aliphatic rings. The maximum absolute atomic E-state index is 12.2. The second-order valence-electron chi connectivity index (χ2n) is 6.87. The van der Waals surface area contributed by atoms with E-state index in [2.05, 4.69) is 4.99 Å². The summed E-state index contributed by atoms with van der Waals surface area (Å²) in [5.74, 6) is -0.315. The van der Waals surface area contributed by atoms with Gasteiger partial charge in [-0.15, -0.1) is 0 Å². The highest BCUT2D eigenvalue weighted by atomic mass is 16.6. The molecule has 0 aliphatic carbocycles. The van der Waals surface area contributed by atoms with Gasteiger partial charge in [-0.05, 0) is 48.5 Å². The molecule has 1 fully saturated rings. The first-order valence-corrected chi connectivity index (χ1v) is 9.73. The molecule has 0 spiro atoms. The summed E-state index contributed by atoms with van der Waals surface area (Å²) in [7, 11) is 0. The number of carbonyl (C=O) groups is 3. The van der Waals surface area contributed by atoms with E-state index in [1.165, 1.54) is 4.90 Å². The molecule has 0 aromatic heterocycles. The number of hydrogen-bond donors (Lipinski definition) is 2. The predicted octanol–water partition coefficient (Wildman–Crippen LogP) is 2.47. The lowest BCUT2D eigenvalue weighted by molar-refractivity contribution is -0.135. The van der Waals surface area contributed by atoms with Crippen LogP contribution in [0.3, 0.4) is 0 Å². The van der Waals surface area contributed by atoms with E-state index in [4.69, 9.17) is 20.3 Å². The number of amidine groups is 1. The summed E-state index contributed by atoms with van der Waals surface area (Å²) >= 11 is 0. The number of carboxylic acid groups (broad SMARTS) is 1. The van der Waals surface area contributed by atoms with E-state index in [9.17, 15) is 14.4 Å². The predicted molar refractivity (Wildman–Crippen MR) is 114 cm³/mol. The maximum atomic E-state index is 12.2. The average molecular weight is 425 g/mol. The minimum atomic E-state index is -1.07. The van der Waals surface area contributed by atoms with Gasteiger partial charge in [-0.25, -0.2) is 4.79 Å². The SMILES string of the molecule is CCC(=O)c1ccc(OCC2CN(c3ccc(C(N)=NCC(=O)O)cc3)C(=O)O2)cc1. The molecule has 0 saturated carbocycles. The number of ether oxygens (including phenoxy) is 2. The lowest BCUT2D eigenvalue weighted by Crippen LogP contribution is -2.26. The second-order valence-corrected chi connectivity index (χ2v) is 6.87. The Labute approximate surface area is 179 Å². The normalized spacial score (nSPS) is 16.2. The van der Waals surface area contributed by atoms with Crippen LogP contribution in [0.1, 0.15) is 29.3 Å². The highest BCUT2D eigenvalue weighted by molar-refractivity contribution is 5.99. The monoisotopic (exact) mass is 425 g/mol. The molecule has 3 N–H and O–H groups in total. The topological polar surface area (TPSA) is 132 Å². The summed E-state index contributed by atoms with van der Waals surface area (Å²) in [6.07, 6.45) is -0.499. The van der Waals surface area contributed by atoms with Crippen LogP contribution in [0, 0.1) is 0 Å². The van der Waals surface area contributed by atoms with Crippen LogP contribution in [0.2, 0.25) is 0 Å². The van der Waals surface area contributed by atoms with Crippen molar-refractivity contribution in [2.75, 3.05) is 24.6 Å². The average Bonchev–Trinajstić information content (AvgIpc) is 3.16. The van der Waals surface area contributed by atoms with Crippen LogP contribution in [-0.4, -0.2) is 54.6 Å². The molecule has 2 aromatic carbocycles. The van der Waals surface area contributed by atoms with Gasteiger partial charge in [0.05, 0.1) is 6.54 Å². The molecule has 3 rings (SSSR count). The van der Waals surface area contributed by atoms with Crippen LogP contribution in [0.5, 0.6) is 5.75 Å². The molecule has 0 bridgehead atoms. The number of carbonyl (C=O) groups excluding carboxylic acids is 2. The van der Waals surface area contributed by atoms with Crippen LogP contribution in [0.15, 0.2) is 53.5 Å². The van der Waals surface area contributed by atoms with Crippen molar-refractivity contribution in [3.05, 3.63) is 59.7 Å². The van der Waals surface area contributed by atoms with E-state index in [0.717, 1.165) is 0 Å². The van der Waals surface area contributed by atoms with E-state index in [0.29, 0.717) is 35.5 Å². The minimum Gasteiger partial charge on any atom is -0.490 e. The molecule has 2 aromatic rings. The van der Waals surface area contributed by atoms with Crippen LogP contribution in [-0.2, 0) is 9.53 Å². The lowest BCUT2D eigenvalue weighted by atomic mass is 10.1. The standard InChI is InChI=1S/C22H23N3O6/c1-2-19(26)14-5-9-17(10-6-14)30-13-18-12-25(22(29)31-18)16-7-3-15(4-8-16)21(23)24-11-20(27)28/h3-10,18H,2,11-13H2,1H3,(H2,23,24)(H,27,28). The summed E-state index contributed by atoms with van der Waals surface area (Å²) in [4.78, 5) is 39.8. The molecule has 1 unspecified atom stereocenters. The third kappa shape index (κ3) is 5.59. The van der Waals surface area contributed by atoms with Gasteiger partial charge in [-0.3, -0.25) is 19.5 Å². The fourth-order valence-corrected chi connectivity index (χ4v) is 3.01. The highest BCUT2D eigenvalue weighted by Crippen LogP contribution is 2.23. The molecule has 1 amide bonds.